The fraction of sp³-hybridized carbons (Fsp3) is 0.444. The molecule has 1 nitrogen and oxygen atoms in total. The van der Waals surface area contributed by atoms with Crippen molar-refractivity contribution in [3.05, 3.63) is 29.0 Å². The number of hydrogen-bond donors (Lipinski definition) is 0. The predicted molar refractivity (Wildman–Crippen MR) is 55.7 cm³/mol. The lowest BCUT2D eigenvalue weighted by Gasteiger charge is -2.01. The molecular formula is C9H12ClNS. The quantitative estimate of drug-likeness (QED) is 0.547. The van der Waals surface area contributed by atoms with E-state index in [1.807, 2.05) is 23.9 Å². The Morgan fingerprint density at radius 1 is 1.58 bits per heavy atom. The Morgan fingerprint density at radius 3 is 3.08 bits per heavy atom. The van der Waals surface area contributed by atoms with E-state index in [4.69, 9.17) is 11.6 Å². The minimum absolute atomic E-state index is 0.640. The Balaban J connectivity index is 2.46. The van der Waals surface area contributed by atoms with Gasteiger partial charge >= 0.3 is 0 Å². The smallest absolute Gasteiger partial charge is 0.133 e. The summed E-state index contributed by atoms with van der Waals surface area (Å²) in [7, 11) is 0. The van der Waals surface area contributed by atoms with Crippen molar-refractivity contribution in [3.8, 4) is 0 Å². The first kappa shape index (κ1) is 9.87. The van der Waals surface area contributed by atoms with E-state index in [2.05, 4.69) is 11.9 Å². The zero-order valence-corrected chi connectivity index (χ0v) is 8.66. The van der Waals surface area contributed by atoms with Gasteiger partial charge in [0.05, 0.1) is 0 Å². The summed E-state index contributed by atoms with van der Waals surface area (Å²) in [5.41, 5.74) is 1.14. The monoisotopic (exact) mass is 201 g/mol. The van der Waals surface area contributed by atoms with E-state index < -0.39 is 0 Å². The van der Waals surface area contributed by atoms with Crippen LogP contribution in [0.15, 0.2) is 18.3 Å². The first-order chi connectivity index (χ1) is 5.84. The third-order valence-corrected chi connectivity index (χ3v) is 2.99. The van der Waals surface area contributed by atoms with Gasteiger partial charge in [0, 0.05) is 11.9 Å². The molecule has 0 saturated heterocycles. The molecule has 0 unspecified atom stereocenters. The van der Waals surface area contributed by atoms with Gasteiger partial charge in [-0.3, -0.25) is 0 Å². The standard InChI is InChI=1S/C9H12ClNS/c1-2-6-12-7-8-4-3-5-11-9(8)10/h3-5H,2,6-7H2,1H3. The summed E-state index contributed by atoms with van der Waals surface area (Å²) in [6, 6.07) is 3.95. The average molecular weight is 202 g/mol. The first-order valence-corrected chi connectivity index (χ1v) is 5.55. The number of halogens is 1. The Kier molecular flexibility index (Phi) is 4.48. The highest BCUT2D eigenvalue weighted by Crippen LogP contribution is 2.18. The molecule has 1 aromatic rings. The van der Waals surface area contributed by atoms with E-state index in [-0.39, 0.29) is 0 Å². The largest absolute Gasteiger partial charge is 0.244 e. The lowest BCUT2D eigenvalue weighted by atomic mass is 10.3. The van der Waals surface area contributed by atoms with Crippen LogP contribution in [-0.4, -0.2) is 10.7 Å². The molecule has 0 spiro atoms. The van der Waals surface area contributed by atoms with Crippen molar-refractivity contribution >= 4 is 23.4 Å². The lowest BCUT2D eigenvalue weighted by Crippen LogP contribution is -1.85. The molecule has 3 heteroatoms. The van der Waals surface area contributed by atoms with E-state index in [9.17, 15) is 0 Å². The molecule has 1 heterocycles. The molecule has 0 bridgehead atoms. The van der Waals surface area contributed by atoms with Crippen LogP contribution in [0.25, 0.3) is 0 Å². The minimum atomic E-state index is 0.640. The van der Waals surface area contributed by atoms with Crippen molar-refractivity contribution in [1.29, 1.82) is 0 Å². The molecule has 0 aliphatic heterocycles. The lowest BCUT2D eigenvalue weighted by molar-refractivity contribution is 1.10. The zero-order chi connectivity index (χ0) is 8.81. The number of nitrogens with zero attached hydrogens (tertiary/aromatic N) is 1. The summed E-state index contributed by atoms with van der Waals surface area (Å²) in [6.45, 7) is 2.18. The highest BCUT2D eigenvalue weighted by molar-refractivity contribution is 7.98. The molecule has 12 heavy (non-hydrogen) atoms. The number of rotatable bonds is 4. The second-order valence-corrected chi connectivity index (χ2v) is 3.97. The molecule has 0 saturated carbocycles. The molecule has 0 amide bonds. The molecule has 1 rings (SSSR count). The average Bonchev–Trinajstić information content (AvgIpc) is 2.09. The summed E-state index contributed by atoms with van der Waals surface area (Å²) >= 11 is 7.77. The third kappa shape index (κ3) is 3.03. The van der Waals surface area contributed by atoms with Crippen molar-refractivity contribution in [2.75, 3.05) is 5.75 Å². The molecule has 0 atom stereocenters. The molecule has 0 aliphatic carbocycles. The van der Waals surface area contributed by atoms with Crippen LogP contribution in [0.3, 0.4) is 0 Å². The van der Waals surface area contributed by atoms with E-state index in [0.717, 1.165) is 11.3 Å². The van der Waals surface area contributed by atoms with Crippen molar-refractivity contribution in [1.82, 2.24) is 4.98 Å². The van der Waals surface area contributed by atoms with Crippen LogP contribution in [0, 0.1) is 0 Å². The Hall–Kier alpha value is -0.210. The fourth-order valence-corrected chi connectivity index (χ4v) is 2.00. The van der Waals surface area contributed by atoms with E-state index in [0.29, 0.717) is 5.15 Å². The molecular weight excluding hydrogens is 190 g/mol. The molecule has 0 aliphatic rings. The normalized spacial score (nSPS) is 10.2. The number of pyridine rings is 1. The summed E-state index contributed by atoms with van der Waals surface area (Å²) < 4.78 is 0. The second-order valence-electron chi connectivity index (χ2n) is 2.51. The van der Waals surface area contributed by atoms with Gasteiger partial charge < -0.3 is 0 Å². The second kappa shape index (κ2) is 5.44. The SMILES string of the molecule is CCCSCc1cccnc1Cl. The van der Waals surface area contributed by atoms with Gasteiger partial charge in [-0.2, -0.15) is 11.8 Å². The summed E-state index contributed by atoms with van der Waals surface area (Å²) in [6.07, 6.45) is 2.93. The molecule has 0 fully saturated rings. The topological polar surface area (TPSA) is 12.9 Å². The van der Waals surface area contributed by atoms with Gasteiger partial charge in [-0.15, -0.1) is 0 Å². The maximum Gasteiger partial charge on any atom is 0.133 e. The molecule has 1 aromatic heterocycles. The number of hydrogen-bond acceptors (Lipinski definition) is 2. The fourth-order valence-electron chi connectivity index (χ4n) is 0.853. The van der Waals surface area contributed by atoms with E-state index in [1.54, 1.807) is 6.20 Å². The van der Waals surface area contributed by atoms with Crippen molar-refractivity contribution in [2.45, 2.75) is 19.1 Å². The van der Waals surface area contributed by atoms with Crippen LogP contribution in [0.2, 0.25) is 5.15 Å². The number of aromatic nitrogens is 1. The Morgan fingerprint density at radius 2 is 2.42 bits per heavy atom. The summed E-state index contributed by atoms with van der Waals surface area (Å²) in [5, 5.41) is 0.640. The Bertz CT molecular complexity index is 240. The third-order valence-electron chi connectivity index (χ3n) is 1.44. The predicted octanol–water partition coefficient (Wildman–Crippen LogP) is 3.38. The van der Waals surface area contributed by atoms with Gasteiger partial charge in [0.1, 0.15) is 5.15 Å². The molecule has 0 radical (unpaired) electrons. The van der Waals surface area contributed by atoms with Gasteiger partial charge in [-0.1, -0.05) is 24.6 Å². The van der Waals surface area contributed by atoms with Gasteiger partial charge in [-0.25, -0.2) is 4.98 Å². The van der Waals surface area contributed by atoms with Crippen LogP contribution < -0.4 is 0 Å². The maximum atomic E-state index is 5.88. The molecule has 0 N–H and O–H groups in total. The van der Waals surface area contributed by atoms with Gasteiger partial charge in [0.25, 0.3) is 0 Å². The van der Waals surface area contributed by atoms with Crippen LogP contribution >= 0.6 is 23.4 Å². The van der Waals surface area contributed by atoms with Gasteiger partial charge in [0.2, 0.25) is 0 Å². The van der Waals surface area contributed by atoms with E-state index >= 15 is 0 Å². The van der Waals surface area contributed by atoms with Crippen LogP contribution in [0.5, 0.6) is 0 Å². The van der Waals surface area contributed by atoms with Gasteiger partial charge in [0.15, 0.2) is 0 Å². The van der Waals surface area contributed by atoms with Crippen molar-refractivity contribution in [3.63, 3.8) is 0 Å². The van der Waals surface area contributed by atoms with Crippen LogP contribution in [0.4, 0.5) is 0 Å². The maximum absolute atomic E-state index is 5.88. The van der Waals surface area contributed by atoms with Crippen molar-refractivity contribution in [2.24, 2.45) is 0 Å². The zero-order valence-electron chi connectivity index (χ0n) is 7.09. The van der Waals surface area contributed by atoms with Gasteiger partial charge in [-0.05, 0) is 23.8 Å². The van der Waals surface area contributed by atoms with Crippen LogP contribution in [0.1, 0.15) is 18.9 Å². The van der Waals surface area contributed by atoms with Crippen molar-refractivity contribution < 1.29 is 0 Å². The molecule has 0 aromatic carbocycles. The van der Waals surface area contributed by atoms with Crippen LogP contribution in [-0.2, 0) is 5.75 Å². The first-order valence-electron chi connectivity index (χ1n) is 4.01. The highest BCUT2D eigenvalue weighted by atomic mass is 35.5. The number of thioether (sulfide) groups is 1. The molecule has 66 valence electrons. The minimum Gasteiger partial charge on any atom is -0.244 e. The highest BCUT2D eigenvalue weighted by Gasteiger charge is 1.98. The Labute approximate surface area is 82.5 Å². The van der Waals surface area contributed by atoms with E-state index in [1.165, 1.54) is 12.2 Å². The summed E-state index contributed by atoms with van der Waals surface area (Å²) in [4.78, 5) is 4.01. The summed E-state index contributed by atoms with van der Waals surface area (Å²) in [5.74, 6) is 2.16.